The minimum Gasteiger partial charge on any atom is -0.369 e. The lowest BCUT2D eigenvalue weighted by molar-refractivity contribution is -0.0501. The highest BCUT2D eigenvalue weighted by molar-refractivity contribution is 5.13. The van der Waals surface area contributed by atoms with Gasteiger partial charge in [0.1, 0.15) is 0 Å². The zero-order valence-electron chi connectivity index (χ0n) is 10.7. The van der Waals surface area contributed by atoms with E-state index in [9.17, 15) is 0 Å². The van der Waals surface area contributed by atoms with Crippen LogP contribution in [0.15, 0.2) is 30.3 Å². The van der Waals surface area contributed by atoms with E-state index in [4.69, 9.17) is 4.74 Å². The van der Waals surface area contributed by atoms with Gasteiger partial charge in [-0.05, 0) is 24.9 Å². The lowest BCUT2D eigenvalue weighted by atomic mass is 10.0. The van der Waals surface area contributed by atoms with Crippen molar-refractivity contribution in [1.29, 1.82) is 0 Å². The summed E-state index contributed by atoms with van der Waals surface area (Å²) in [6, 6.07) is 10.5. The number of ether oxygens (including phenoxy) is 1. The lowest BCUT2D eigenvalue weighted by Gasteiger charge is -2.29. The lowest BCUT2D eigenvalue weighted by Crippen LogP contribution is -2.40. The molecule has 1 aromatic carbocycles. The number of rotatable bonds is 6. The van der Waals surface area contributed by atoms with Crippen LogP contribution in [0.1, 0.15) is 38.2 Å². The number of benzene rings is 1. The minimum atomic E-state index is 0.0891. The first-order valence-electron chi connectivity index (χ1n) is 6.73. The molecule has 0 bridgehead atoms. The molecule has 1 N–H and O–H groups in total. The van der Waals surface area contributed by atoms with Crippen LogP contribution in [-0.4, -0.2) is 18.7 Å². The van der Waals surface area contributed by atoms with Crippen LogP contribution in [0.3, 0.4) is 0 Å². The summed E-state index contributed by atoms with van der Waals surface area (Å²) in [6.07, 6.45) is 5.01. The fraction of sp³-hybridized carbons (Fsp3) is 0.600. The van der Waals surface area contributed by atoms with Crippen molar-refractivity contribution >= 4 is 0 Å². The van der Waals surface area contributed by atoms with Crippen molar-refractivity contribution in [3.8, 4) is 0 Å². The Kier molecular flexibility index (Phi) is 4.57. The highest BCUT2D eigenvalue weighted by Crippen LogP contribution is 2.33. The van der Waals surface area contributed by atoms with Gasteiger partial charge in [0.05, 0.1) is 12.2 Å². The van der Waals surface area contributed by atoms with E-state index in [1.54, 1.807) is 0 Å². The molecule has 1 fully saturated rings. The number of likely N-dealkylation sites (N-methyl/N-ethyl adjacent to an activating group) is 1. The molecule has 0 amide bonds. The molecule has 1 aliphatic rings. The maximum absolute atomic E-state index is 6.22. The monoisotopic (exact) mass is 233 g/mol. The number of hydrogen-bond donors (Lipinski definition) is 1. The molecule has 0 atom stereocenters. The van der Waals surface area contributed by atoms with Crippen molar-refractivity contribution in [3.63, 3.8) is 0 Å². The number of nitrogens with one attached hydrogen (secondary N) is 1. The zero-order chi connectivity index (χ0) is 12.0. The Bertz CT molecular complexity index is 317. The molecule has 94 valence electrons. The van der Waals surface area contributed by atoms with Gasteiger partial charge < -0.3 is 10.1 Å². The molecule has 2 nitrogen and oxygen atoms in total. The van der Waals surface area contributed by atoms with Gasteiger partial charge >= 0.3 is 0 Å². The molecular weight excluding hydrogens is 210 g/mol. The second kappa shape index (κ2) is 6.18. The van der Waals surface area contributed by atoms with Gasteiger partial charge in [0.2, 0.25) is 0 Å². The molecule has 0 saturated heterocycles. The molecular formula is C15H23NO. The average molecular weight is 233 g/mol. The largest absolute Gasteiger partial charge is 0.369 e. The van der Waals surface area contributed by atoms with Crippen LogP contribution >= 0.6 is 0 Å². The van der Waals surface area contributed by atoms with Crippen molar-refractivity contribution in [2.75, 3.05) is 13.1 Å². The van der Waals surface area contributed by atoms with E-state index in [-0.39, 0.29) is 5.60 Å². The van der Waals surface area contributed by atoms with Gasteiger partial charge in [-0.3, -0.25) is 0 Å². The third-order valence-corrected chi connectivity index (χ3v) is 3.60. The Balaban J connectivity index is 1.89. The summed E-state index contributed by atoms with van der Waals surface area (Å²) in [6.45, 7) is 4.92. The molecule has 0 spiro atoms. The van der Waals surface area contributed by atoms with Gasteiger partial charge in [-0.2, -0.15) is 0 Å². The summed E-state index contributed by atoms with van der Waals surface area (Å²) >= 11 is 0. The predicted octanol–water partition coefficient (Wildman–Crippen LogP) is 3.13. The smallest absolute Gasteiger partial charge is 0.0810 e. The second-order valence-electron chi connectivity index (χ2n) is 4.94. The van der Waals surface area contributed by atoms with E-state index in [1.165, 1.54) is 31.2 Å². The standard InChI is InChI=1S/C15H23NO/c1-2-16-13-15(10-6-7-11-15)17-12-14-8-4-3-5-9-14/h3-5,8-9,16H,2,6-7,10-13H2,1H3. The normalized spacial score (nSPS) is 18.4. The van der Waals surface area contributed by atoms with Crippen molar-refractivity contribution in [2.45, 2.75) is 44.8 Å². The first-order valence-corrected chi connectivity index (χ1v) is 6.73. The van der Waals surface area contributed by atoms with Crippen LogP contribution in [0.4, 0.5) is 0 Å². The third kappa shape index (κ3) is 3.55. The molecule has 0 unspecified atom stereocenters. The maximum atomic E-state index is 6.22. The molecule has 0 aromatic heterocycles. The van der Waals surface area contributed by atoms with Gasteiger partial charge in [-0.15, -0.1) is 0 Å². The Labute approximate surface area is 104 Å². The molecule has 0 aliphatic heterocycles. The Morgan fingerprint density at radius 3 is 2.53 bits per heavy atom. The summed E-state index contributed by atoms with van der Waals surface area (Å²) in [5, 5.41) is 3.44. The number of hydrogen-bond acceptors (Lipinski definition) is 2. The topological polar surface area (TPSA) is 21.3 Å². The van der Waals surface area contributed by atoms with Crippen LogP contribution in [0.25, 0.3) is 0 Å². The minimum absolute atomic E-state index is 0.0891. The predicted molar refractivity (Wildman–Crippen MR) is 71.0 cm³/mol. The SMILES string of the molecule is CCNCC1(OCc2ccccc2)CCCC1. The van der Waals surface area contributed by atoms with Crippen molar-refractivity contribution < 1.29 is 4.74 Å². The first-order chi connectivity index (χ1) is 8.35. The second-order valence-corrected chi connectivity index (χ2v) is 4.94. The van der Waals surface area contributed by atoms with E-state index >= 15 is 0 Å². The van der Waals surface area contributed by atoms with Gasteiger partial charge in [0.15, 0.2) is 0 Å². The van der Waals surface area contributed by atoms with Gasteiger partial charge in [0, 0.05) is 6.54 Å². The molecule has 2 heteroatoms. The van der Waals surface area contributed by atoms with Crippen molar-refractivity contribution in [1.82, 2.24) is 5.32 Å². The molecule has 0 heterocycles. The highest BCUT2D eigenvalue weighted by atomic mass is 16.5. The third-order valence-electron chi connectivity index (χ3n) is 3.60. The van der Waals surface area contributed by atoms with E-state index in [2.05, 4.69) is 36.5 Å². The summed E-state index contributed by atoms with van der Waals surface area (Å²) < 4.78 is 6.22. The van der Waals surface area contributed by atoms with Gasteiger partial charge in [0.25, 0.3) is 0 Å². The fourth-order valence-electron chi connectivity index (χ4n) is 2.55. The van der Waals surface area contributed by atoms with E-state index in [0.29, 0.717) is 0 Å². The quantitative estimate of drug-likeness (QED) is 0.815. The van der Waals surface area contributed by atoms with Crippen LogP contribution < -0.4 is 5.32 Å². The highest BCUT2D eigenvalue weighted by Gasteiger charge is 2.34. The van der Waals surface area contributed by atoms with Gasteiger partial charge in [-0.25, -0.2) is 0 Å². The van der Waals surface area contributed by atoms with E-state index in [0.717, 1.165) is 19.7 Å². The Hall–Kier alpha value is -0.860. The van der Waals surface area contributed by atoms with Crippen molar-refractivity contribution in [2.24, 2.45) is 0 Å². The van der Waals surface area contributed by atoms with Gasteiger partial charge in [-0.1, -0.05) is 50.1 Å². The van der Waals surface area contributed by atoms with Crippen molar-refractivity contribution in [3.05, 3.63) is 35.9 Å². The molecule has 17 heavy (non-hydrogen) atoms. The Morgan fingerprint density at radius 1 is 1.18 bits per heavy atom. The van der Waals surface area contributed by atoms with E-state index in [1.807, 2.05) is 6.07 Å². The molecule has 1 aromatic rings. The summed E-state index contributed by atoms with van der Waals surface area (Å²) in [7, 11) is 0. The Morgan fingerprint density at radius 2 is 1.88 bits per heavy atom. The van der Waals surface area contributed by atoms with Crippen LogP contribution in [0.2, 0.25) is 0 Å². The van der Waals surface area contributed by atoms with Crippen LogP contribution in [0, 0.1) is 0 Å². The van der Waals surface area contributed by atoms with E-state index < -0.39 is 0 Å². The molecule has 2 rings (SSSR count). The molecule has 1 aliphatic carbocycles. The van der Waals surface area contributed by atoms with Crippen LogP contribution in [-0.2, 0) is 11.3 Å². The molecule has 1 saturated carbocycles. The maximum Gasteiger partial charge on any atom is 0.0810 e. The summed E-state index contributed by atoms with van der Waals surface area (Å²) in [5.41, 5.74) is 1.36. The molecule has 0 radical (unpaired) electrons. The fourth-order valence-corrected chi connectivity index (χ4v) is 2.55. The average Bonchev–Trinajstić information content (AvgIpc) is 2.85. The summed E-state index contributed by atoms with van der Waals surface area (Å²) in [4.78, 5) is 0. The summed E-state index contributed by atoms with van der Waals surface area (Å²) in [5.74, 6) is 0. The van der Waals surface area contributed by atoms with Crippen LogP contribution in [0.5, 0.6) is 0 Å². The first kappa shape index (κ1) is 12.6. The zero-order valence-corrected chi connectivity index (χ0v) is 10.7.